The van der Waals surface area contributed by atoms with Crippen molar-refractivity contribution in [1.29, 1.82) is 0 Å². The molecule has 2 atom stereocenters. The second kappa shape index (κ2) is 14.3. The normalized spacial score (nSPS) is 22.2. The van der Waals surface area contributed by atoms with Crippen LogP contribution in [0.2, 0.25) is 0 Å². The minimum atomic E-state index is -1.07. The van der Waals surface area contributed by atoms with Gasteiger partial charge in [-0.25, -0.2) is 0 Å². The maximum Gasteiger partial charge on any atom is 0.255 e. The van der Waals surface area contributed by atoms with Crippen LogP contribution in [0.3, 0.4) is 0 Å². The highest BCUT2D eigenvalue weighted by molar-refractivity contribution is 6.01. The summed E-state index contributed by atoms with van der Waals surface area (Å²) in [6, 6.07) is 4.97. The highest BCUT2D eigenvalue weighted by atomic mass is 16.5. The van der Waals surface area contributed by atoms with Crippen molar-refractivity contribution in [3.8, 4) is 5.75 Å². The van der Waals surface area contributed by atoms with Crippen molar-refractivity contribution in [2.75, 3.05) is 73.6 Å². The average molecular weight is 545 g/mol. The Labute approximate surface area is 231 Å². The predicted octanol–water partition coefficient (Wildman–Crippen LogP) is 0.263. The summed E-state index contributed by atoms with van der Waals surface area (Å²) >= 11 is 0. The monoisotopic (exact) mass is 544 g/mol. The number of benzene rings is 1. The Kier molecular flexibility index (Phi) is 11.1. The fourth-order valence-electron chi connectivity index (χ4n) is 4.77. The summed E-state index contributed by atoms with van der Waals surface area (Å²) in [5, 5.41) is 5.63. The van der Waals surface area contributed by atoms with Gasteiger partial charge in [0, 0.05) is 46.3 Å². The molecule has 0 aliphatic carbocycles. The molecule has 216 valence electrons. The van der Waals surface area contributed by atoms with Gasteiger partial charge < -0.3 is 30.1 Å². The number of amides is 4. The van der Waals surface area contributed by atoms with Crippen LogP contribution in [0.25, 0.3) is 0 Å². The maximum atomic E-state index is 13.6. The van der Waals surface area contributed by atoms with E-state index in [0.29, 0.717) is 31.8 Å². The molecule has 0 aromatic heterocycles. The van der Waals surface area contributed by atoms with Crippen molar-refractivity contribution >= 4 is 23.6 Å². The summed E-state index contributed by atoms with van der Waals surface area (Å²) in [7, 11) is 5.73. The van der Waals surface area contributed by atoms with Gasteiger partial charge in [-0.15, -0.1) is 0 Å². The summed E-state index contributed by atoms with van der Waals surface area (Å²) in [5.74, 6) is -0.937. The molecule has 0 bridgehead atoms. The first-order chi connectivity index (χ1) is 18.5. The van der Waals surface area contributed by atoms with Crippen molar-refractivity contribution in [2.24, 2.45) is 5.92 Å². The predicted molar refractivity (Wildman–Crippen MR) is 148 cm³/mol. The zero-order valence-electron chi connectivity index (χ0n) is 23.9. The molecular weight excluding hydrogens is 500 g/mol. The minimum Gasteiger partial charge on any atom is -0.491 e. The zero-order chi connectivity index (χ0) is 28.5. The van der Waals surface area contributed by atoms with Crippen LogP contribution in [0.15, 0.2) is 24.3 Å². The number of carbonyl (C=O) groups excluding carboxylic acids is 4. The van der Waals surface area contributed by atoms with E-state index in [1.165, 1.54) is 4.90 Å². The Morgan fingerprint density at radius 2 is 1.74 bits per heavy atom. The second-order valence-electron chi connectivity index (χ2n) is 11.1. The number of para-hydroxylation sites is 1. The minimum absolute atomic E-state index is 0.163. The molecule has 1 aromatic carbocycles. The van der Waals surface area contributed by atoms with E-state index in [0.717, 1.165) is 26.2 Å². The van der Waals surface area contributed by atoms with Crippen LogP contribution in [-0.4, -0.2) is 129 Å². The second-order valence-corrected chi connectivity index (χ2v) is 11.1. The van der Waals surface area contributed by atoms with Gasteiger partial charge in [-0.2, -0.15) is 0 Å². The molecule has 11 heteroatoms. The number of hydrogen-bond acceptors (Lipinski definition) is 7. The molecule has 3 rings (SSSR count). The Bertz CT molecular complexity index is 1010. The standard InChI is InChI=1S/C28H44N6O5/c1-20(2)18-22-27(37)32(5)16-17-39-24-9-7-6-8-21(24)26(36)30-23(19-25(35)29-22)28(38)34-14-12-33(13-15-34)11-10-31(3)4/h6-9,20,22-23H,10-19H2,1-5H3,(H,29,35)(H,30,36)/t22-,23+/m1/s1. The molecule has 1 fully saturated rings. The molecule has 1 saturated heterocycles. The van der Waals surface area contributed by atoms with Gasteiger partial charge in [-0.05, 0) is 38.6 Å². The Morgan fingerprint density at radius 1 is 1.05 bits per heavy atom. The Balaban J connectivity index is 1.82. The topological polar surface area (TPSA) is 115 Å². The van der Waals surface area contributed by atoms with E-state index >= 15 is 0 Å². The molecule has 2 aliphatic heterocycles. The van der Waals surface area contributed by atoms with Gasteiger partial charge in [-0.1, -0.05) is 26.0 Å². The van der Waals surface area contributed by atoms with Crippen molar-refractivity contribution in [2.45, 2.75) is 38.8 Å². The van der Waals surface area contributed by atoms with Gasteiger partial charge in [0.15, 0.2) is 0 Å². The highest BCUT2D eigenvalue weighted by Gasteiger charge is 2.33. The van der Waals surface area contributed by atoms with Gasteiger partial charge in [0.25, 0.3) is 5.91 Å². The van der Waals surface area contributed by atoms with Crippen molar-refractivity contribution in [3.05, 3.63) is 29.8 Å². The van der Waals surface area contributed by atoms with E-state index in [1.54, 1.807) is 36.2 Å². The molecule has 0 spiro atoms. The van der Waals surface area contributed by atoms with Gasteiger partial charge in [0.2, 0.25) is 17.7 Å². The number of hydrogen-bond donors (Lipinski definition) is 2. The summed E-state index contributed by atoms with van der Waals surface area (Å²) in [5.41, 5.74) is 0.271. The quantitative estimate of drug-likeness (QED) is 0.528. The average Bonchev–Trinajstić information content (AvgIpc) is 2.90. The number of likely N-dealkylation sites (N-methyl/N-ethyl adjacent to an activating group) is 2. The number of rotatable bonds is 6. The Morgan fingerprint density at radius 3 is 2.41 bits per heavy atom. The van der Waals surface area contributed by atoms with Gasteiger partial charge in [0.05, 0.1) is 18.5 Å². The molecule has 39 heavy (non-hydrogen) atoms. The lowest BCUT2D eigenvalue weighted by Crippen LogP contribution is -2.57. The third kappa shape index (κ3) is 8.93. The zero-order valence-corrected chi connectivity index (χ0v) is 23.9. The largest absolute Gasteiger partial charge is 0.491 e. The summed E-state index contributed by atoms with van der Waals surface area (Å²) < 4.78 is 5.88. The number of nitrogens with one attached hydrogen (secondary N) is 2. The molecule has 2 N–H and O–H groups in total. The van der Waals surface area contributed by atoms with Gasteiger partial charge in [0.1, 0.15) is 24.4 Å². The van der Waals surface area contributed by atoms with E-state index in [4.69, 9.17) is 4.74 Å². The molecule has 0 radical (unpaired) electrons. The fourth-order valence-corrected chi connectivity index (χ4v) is 4.77. The molecular formula is C28H44N6O5. The van der Waals surface area contributed by atoms with Crippen molar-refractivity contribution in [3.63, 3.8) is 0 Å². The lowest BCUT2D eigenvalue weighted by atomic mass is 10.0. The van der Waals surface area contributed by atoms with Crippen LogP contribution in [0.1, 0.15) is 37.0 Å². The van der Waals surface area contributed by atoms with Crippen molar-refractivity contribution < 1.29 is 23.9 Å². The molecule has 0 saturated carbocycles. The number of carbonyl (C=O) groups is 4. The summed E-state index contributed by atoms with van der Waals surface area (Å²) in [4.78, 5) is 61.0. The van der Waals surface area contributed by atoms with Gasteiger partial charge in [-0.3, -0.25) is 24.1 Å². The Hall–Kier alpha value is -3.18. The molecule has 1 aromatic rings. The summed E-state index contributed by atoms with van der Waals surface area (Å²) in [6.07, 6.45) is 0.193. The van der Waals surface area contributed by atoms with E-state index in [2.05, 4.69) is 20.4 Å². The fraction of sp³-hybridized carbons (Fsp3) is 0.643. The first-order valence-electron chi connectivity index (χ1n) is 13.8. The van der Waals surface area contributed by atoms with Crippen LogP contribution >= 0.6 is 0 Å². The summed E-state index contributed by atoms with van der Waals surface area (Å²) in [6.45, 7) is 8.74. The van der Waals surface area contributed by atoms with E-state index in [9.17, 15) is 19.2 Å². The first kappa shape index (κ1) is 30.4. The maximum absolute atomic E-state index is 13.6. The van der Waals surface area contributed by atoms with Crippen LogP contribution < -0.4 is 15.4 Å². The number of piperazine rings is 1. The van der Waals surface area contributed by atoms with Crippen LogP contribution in [0, 0.1) is 5.92 Å². The van der Waals surface area contributed by atoms with Gasteiger partial charge >= 0.3 is 0 Å². The first-order valence-corrected chi connectivity index (χ1v) is 13.8. The molecule has 2 aliphatic rings. The van der Waals surface area contributed by atoms with Crippen LogP contribution in [0.4, 0.5) is 0 Å². The molecule has 2 heterocycles. The van der Waals surface area contributed by atoms with E-state index in [1.807, 2.05) is 27.9 Å². The third-order valence-electron chi connectivity index (χ3n) is 7.07. The molecule has 11 nitrogen and oxygen atoms in total. The van der Waals surface area contributed by atoms with Crippen LogP contribution in [0.5, 0.6) is 5.75 Å². The molecule has 4 amide bonds. The SMILES string of the molecule is CC(C)C[C@H]1NC(=O)C[C@@H](C(=O)N2CCN(CCN(C)C)CC2)NC(=O)c2ccccc2OCCN(C)C1=O. The third-order valence-corrected chi connectivity index (χ3v) is 7.07. The lowest BCUT2D eigenvalue weighted by molar-refractivity contribution is -0.139. The van der Waals surface area contributed by atoms with Crippen molar-refractivity contribution in [1.82, 2.24) is 30.2 Å². The molecule has 0 unspecified atom stereocenters. The van der Waals surface area contributed by atoms with Crippen LogP contribution in [-0.2, 0) is 14.4 Å². The number of nitrogens with zero attached hydrogens (tertiary/aromatic N) is 4. The highest BCUT2D eigenvalue weighted by Crippen LogP contribution is 2.19. The smallest absolute Gasteiger partial charge is 0.255 e. The number of fused-ring (bicyclic) bond motifs is 1. The van der Waals surface area contributed by atoms with E-state index < -0.39 is 23.9 Å². The number of ether oxygens (including phenoxy) is 1. The van der Waals surface area contributed by atoms with E-state index in [-0.39, 0.29) is 36.3 Å². The lowest BCUT2D eigenvalue weighted by Gasteiger charge is -2.37.